The van der Waals surface area contributed by atoms with Gasteiger partial charge in [-0.15, -0.1) is 0 Å². The predicted octanol–water partition coefficient (Wildman–Crippen LogP) is 1.68. The minimum atomic E-state index is -1.01. The number of aliphatic hydroxyl groups excluding tert-OH is 1. The quantitative estimate of drug-likeness (QED) is 0.657. The number of aliphatic hydroxyl groups is 1. The van der Waals surface area contributed by atoms with Crippen molar-refractivity contribution in [3.8, 4) is 0 Å². The molecule has 1 saturated heterocycles. The third kappa shape index (κ3) is 2.47. The van der Waals surface area contributed by atoms with Gasteiger partial charge in [0.15, 0.2) is 12.1 Å². The lowest BCUT2D eigenvalue weighted by Gasteiger charge is -2.22. The first kappa shape index (κ1) is 13.3. The Labute approximate surface area is 116 Å². The molecule has 1 spiro atoms. The normalized spacial score (nSPS) is 35.6. The Bertz CT molecular complexity index is 526. The van der Waals surface area contributed by atoms with Gasteiger partial charge in [-0.25, -0.2) is 0 Å². The van der Waals surface area contributed by atoms with Crippen molar-refractivity contribution < 1.29 is 24.1 Å². The second-order valence-corrected chi connectivity index (χ2v) is 4.98. The van der Waals surface area contributed by atoms with Crippen LogP contribution in [0.15, 0.2) is 42.5 Å². The standard InChI is InChI=1S/C15H16O5/c1-10(16)18-12-9-15(8-7-13(17)19-15)20-14(12)11-5-3-2-4-6-11/h2-8,12-14,17H,9H2,1H3/t12-,13?,14-,15-/m1/s1. The highest BCUT2D eigenvalue weighted by Crippen LogP contribution is 2.45. The molecular weight excluding hydrogens is 260 g/mol. The number of benzene rings is 1. The van der Waals surface area contributed by atoms with Crippen molar-refractivity contribution in [2.45, 2.75) is 37.6 Å². The van der Waals surface area contributed by atoms with Crippen LogP contribution in [0.4, 0.5) is 0 Å². The number of ether oxygens (including phenoxy) is 3. The number of carbonyl (C=O) groups excluding carboxylic acids is 1. The highest BCUT2D eigenvalue weighted by molar-refractivity contribution is 5.66. The number of hydrogen-bond acceptors (Lipinski definition) is 5. The first-order valence-electron chi connectivity index (χ1n) is 6.53. The molecule has 2 heterocycles. The number of carbonyl (C=O) groups is 1. The van der Waals surface area contributed by atoms with Gasteiger partial charge < -0.3 is 19.3 Å². The van der Waals surface area contributed by atoms with E-state index in [0.717, 1.165) is 5.56 Å². The predicted molar refractivity (Wildman–Crippen MR) is 69.4 cm³/mol. The fourth-order valence-electron chi connectivity index (χ4n) is 2.66. The van der Waals surface area contributed by atoms with Crippen LogP contribution in [0.5, 0.6) is 0 Å². The molecule has 0 aliphatic carbocycles. The summed E-state index contributed by atoms with van der Waals surface area (Å²) in [6.07, 6.45) is 1.73. The summed E-state index contributed by atoms with van der Waals surface area (Å²) in [7, 11) is 0. The molecule has 1 aromatic rings. The van der Waals surface area contributed by atoms with E-state index in [1.54, 1.807) is 6.08 Å². The lowest BCUT2D eigenvalue weighted by atomic mass is 10.0. The van der Waals surface area contributed by atoms with Crippen LogP contribution in [0.2, 0.25) is 0 Å². The van der Waals surface area contributed by atoms with E-state index >= 15 is 0 Å². The lowest BCUT2D eigenvalue weighted by molar-refractivity contribution is -0.238. The Hall–Kier alpha value is -1.69. The molecule has 5 heteroatoms. The second kappa shape index (κ2) is 5.01. The van der Waals surface area contributed by atoms with Crippen LogP contribution >= 0.6 is 0 Å². The fourth-order valence-corrected chi connectivity index (χ4v) is 2.66. The van der Waals surface area contributed by atoms with Gasteiger partial charge in [0.05, 0.1) is 0 Å². The minimum absolute atomic E-state index is 0.361. The van der Waals surface area contributed by atoms with Gasteiger partial charge in [-0.3, -0.25) is 4.79 Å². The summed E-state index contributed by atoms with van der Waals surface area (Å²) in [5, 5.41) is 9.48. The van der Waals surface area contributed by atoms with Gasteiger partial charge in [-0.2, -0.15) is 0 Å². The van der Waals surface area contributed by atoms with E-state index in [9.17, 15) is 9.90 Å². The second-order valence-electron chi connectivity index (χ2n) is 4.98. The number of esters is 1. The van der Waals surface area contributed by atoms with Crippen LogP contribution in [0.3, 0.4) is 0 Å². The fraction of sp³-hybridized carbons (Fsp3) is 0.400. The molecule has 0 radical (unpaired) electrons. The third-order valence-electron chi connectivity index (χ3n) is 3.43. The molecule has 0 bridgehead atoms. The zero-order chi connectivity index (χ0) is 14.2. The van der Waals surface area contributed by atoms with E-state index in [4.69, 9.17) is 14.2 Å². The summed E-state index contributed by atoms with van der Waals surface area (Å²) in [5.74, 6) is -1.38. The molecule has 0 amide bonds. The Morgan fingerprint density at radius 2 is 2.10 bits per heavy atom. The van der Waals surface area contributed by atoms with Gasteiger partial charge in [0, 0.05) is 13.3 Å². The van der Waals surface area contributed by atoms with Gasteiger partial charge in [0.2, 0.25) is 0 Å². The first-order chi connectivity index (χ1) is 9.58. The summed E-state index contributed by atoms with van der Waals surface area (Å²) in [6, 6.07) is 9.53. The molecule has 20 heavy (non-hydrogen) atoms. The van der Waals surface area contributed by atoms with E-state index in [0.29, 0.717) is 6.42 Å². The van der Waals surface area contributed by atoms with Crippen molar-refractivity contribution in [1.82, 2.24) is 0 Å². The van der Waals surface area contributed by atoms with Gasteiger partial charge >= 0.3 is 5.97 Å². The summed E-state index contributed by atoms with van der Waals surface area (Å²) in [6.45, 7) is 1.37. The summed E-state index contributed by atoms with van der Waals surface area (Å²) >= 11 is 0. The molecule has 106 valence electrons. The summed E-state index contributed by atoms with van der Waals surface area (Å²) < 4.78 is 16.7. The molecule has 1 N–H and O–H groups in total. The van der Waals surface area contributed by atoms with Crippen LogP contribution in [0.1, 0.15) is 25.0 Å². The van der Waals surface area contributed by atoms with Crippen LogP contribution in [-0.2, 0) is 19.0 Å². The Kier molecular flexibility index (Phi) is 3.33. The molecular formula is C15H16O5. The lowest BCUT2D eigenvalue weighted by Crippen LogP contribution is -2.29. The molecule has 1 unspecified atom stereocenters. The molecule has 2 aliphatic heterocycles. The van der Waals surface area contributed by atoms with Crippen molar-refractivity contribution in [3.05, 3.63) is 48.0 Å². The van der Waals surface area contributed by atoms with Crippen LogP contribution in [0.25, 0.3) is 0 Å². The highest BCUT2D eigenvalue weighted by Gasteiger charge is 2.51. The maximum atomic E-state index is 11.3. The Morgan fingerprint density at radius 3 is 2.70 bits per heavy atom. The van der Waals surface area contributed by atoms with Crippen LogP contribution < -0.4 is 0 Å². The van der Waals surface area contributed by atoms with E-state index in [2.05, 4.69) is 0 Å². The first-order valence-corrected chi connectivity index (χ1v) is 6.53. The van der Waals surface area contributed by atoms with E-state index in [-0.39, 0.29) is 5.97 Å². The Balaban J connectivity index is 1.87. The number of rotatable bonds is 2. The molecule has 2 aliphatic rings. The van der Waals surface area contributed by atoms with Gasteiger partial charge in [0.25, 0.3) is 0 Å². The average molecular weight is 276 g/mol. The molecule has 3 rings (SSSR count). The molecule has 1 fully saturated rings. The molecule has 5 nitrogen and oxygen atoms in total. The van der Waals surface area contributed by atoms with Crippen molar-refractivity contribution in [3.63, 3.8) is 0 Å². The van der Waals surface area contributed by atoms with Crippen molar-refractivity contribution in [2.24, 2.45) is 0 Å². The maximum absolute atomic E-state index is 11.3. The van der Waals surface area contributed by atoms with E-state index < -0.39 is 24.3 Å². The third-order valence-corrected chi connectivity index (χ3v) is 3.43. The van der Waals surface area contributed by atoms with E-state index in [1.165, 1.54) is 13.0 Å². The SMILES string of the molecule is CC(=O)O[C@@H]1C[C@@]2(C=CC(O)O2)O[C@@H]1c1ccccc1. The zero-order valence-corrected chi connectivity index (χ0v) is 11.1. The zero-order valence-electron chi connectivity index (χ0n) is 11.1. The Morgan fingerprint density at radius 1 is 1.35 bits per heavy atom. The largest absolute Gasteiger partial charge is 0.459 e. The monoisotopic (exact) mass is 276 g/mol. The smallest absolute Gasteiger partial charge is 0.303 e. The topological polar surface area (TPSA) is 65.0 Å². The summed E-state index contributed by atoms with van der Waals surface area (Å²) in [4.78, 5) is 11.3. The number of hydrogen-bond donors (Lipinski definition) is 1. The van der Waals surface area contributed by atoms with Crippen molar-refractivity contribution in [2.75, 3.05) is 0 Å². The van der Waals surface area contributed by atoms with Gasteiger partial charge in [-0.1, -0.05) is 30.3 Å². The molecule has 4 atom stereocenters. The molecule has 0 aromatic heterocycles. The van der Waals surface area contributed by atoms with Gasteiger partial charge in [0.1, 0.15) is 12.2 Å². The van der Waals surface area contributed by atoms with Gasteiger partial charge in [-0.05, 0) is 17.7 Å². The van der Waals surface area contributed by atoms with Crippen molar-refractivity contribution in [1.29, 1.82) is 0 Å². The van der Waals surface area contributed by atoms with Crippen molar-refractivity contribution >= 4 is 5.97 Å². The summed E-state index contributed by atoms with van der Waals surface area (Å²) in [5.41, 5.74) is 0.911. The maximum Gasteiger partial charge on any atom is 0.303 e. The molecule has 1 aromatic carbocycles. The minimum Gasteiger partial charge on any atom is -0.459 e. The van der Waals surface area contributed by atoms with E-state index in [1.807, 2.05) is 30.3 Å². The highest BCUT2D eigenvalue weighted by atomic mass is 16.8. The molecule has 0 saturated carbocycles. The van der Waals surface area contributed by atoms with Crippen LogP contribution in [0, 0.1) is 0 Å². The average Bonchev–Trinajstić information content (AvgIpc) is 2.94. The van der Waals surface area contributed by atoms with Crippen LogP contribution in [-0.4, -0.2) is 29.3 Å².